The van der Waals surface area contributed by atoms with Gasteiger partial charge in [0.1, 0.15) is 0 Å². The van der Waals surface area contributed by atoms with E-state index in [0.29, 0.717) is 0 Å². The monoisotopic (exact) mass is 460 g/mol. The number of hydrogen-bond donors (Lipinski definition) is 0. The van der Waals surface area contributed by atoms with Gasteiger partial charge in [0.2, 0.25) is 0 Å². The van der Waals surface area contributed by atoms with Crippen LogP contribution in [0.5, 0.6) is 0 Å². The third kappa shape index (κ3) is 7.07. The van der Waals surface area contributed by atoms with E-state index in [2.05, 4.69) is 61.0 Å². The fraction of sp³-hybridized carbons (Fsp3) is 0.684. The van der Waals surface area contributed by atoms with Crippen LogP contribution in [-0.2, 0) is 4.44 Å². The first-order chi connectivity index (χ1) is 10.2. The average Bonchev–Trinajstić information content (AvgIpc) is 2.51. The molecule has 0 aliphatic heterocycles. The van der Waals surface area contributed by atoms with Crippen molar-refractivity contribution in [2.45, 2.75) is 77.0 Å². The number of halogens is 1. The second-order valence-electron chi connectivity index (χ2n) is 6.58. The molecule has 1 aromatic carbocycles. The molecule has 0 radical (unpaired) electrons. The molecular weight excluding hydrogens is 427 g/mol. The molecule has 0 N–H and O–H groups in total. The van der Waals surface area contributed by atoms with Gasteiger partial charge >= 0.3 is 146 Å². The van der Waals surface area contributed by atoms with Crippen molar-refractivity contribution in [2.75, 3.05) is 0 Å². The van der Waals surface area contributed by atoms with Crippen molar-refractivity contribution in [2.24, 2.45) is 0 Å². The summed E-state index contributed by atoms with van der Waals surface area (Å²) in [6, 6.07) is 8.95. The predicted octanol–water partition coefficient (Wildman–Crippen LogP) is 7.38. The van der Waals surface area contributed by atoms with Crippen LogP contribution >= 0.6 is 15.9 Å². The summed E-state index contributed by atoms with van der Waals surface area (Å²) in [7, 11) is 0. The van der Waals surface area contributed by atoms with Crippen LogP contribution in [0.2, 0.25) is 13.3 Å². The first kappa shape index (κ1) is 19.5. The molecule has 0 unspecified atom stereocenters. The van der Waals surface area contributed by atoms with Gasteiger partial charge in [-0.15, -0.1) is 0 Å². The van der Waals surface area contributed by atoms with E-state index in [1.165, 1.54) is 47.4 Å². The molecule has 0 atom stereocenters. The number of benzene rings is 1. The summed E-state index contributed by atoms with van der Waals surface area (Å²) in [4.78, 5) is 0. The van der Waals surface area contributed by atoms with E-state index in [4.69, 9.17) is 0 Å². The van der Waals surface area contributed by atoms with E-state index in [-0.39, 0.29) is 0 Å². The van der Waals surface area contributed by atoms with Crippen molar-refractivity contribution >= 4 is 34.3 Å². The molecule has 0 spiro atoms. The molecule has 0 aliphatic carbocycles. The summed E-state index contributed by atoms with van der Waals surface area (Å²) in [5.74, 6) is 0. The summed E-state index contributed by atoms with van der Waals surface area (Å²) >= 11 is 1.77. The quantitative estimate of drug-likeness (QED) is 0.303. The first-order valence-corrected chi connectivity index (χ1v) is 17.8. The second-order valence-corrected chi connectivity index (χ2v) is 21.3. The van der Waals surface area contributed by atoms with Gasteiger partial charge in [-0.05, 0) is 0 Å². The van der Waals surface area contributed by atoms with Crippen LogP contribution in [-0.4, -0.2) is 18.4 Å². The van der Waals surface area contributed by atoms with Crippen LogP contribution in [0.4, 0.5) is 0 Å². The molecule has 0 fully saturated rings. The van der Waals surface area contributed by atoms with Crippen LogP contribution in [0.15, 0.2) is 28.7 Å². The zero-order chi connectivity index (χ0) is 15.6. The third-order valence-corrected chi connectivity index (χ3v) is 20.8. The molecule has 0 bridgehead atoms. The molecule has 0 aliphatic rings. The van der Waals surface area contributed by atoms with Gasteiger partial charge in [-0.25, -0.2) is 0 Å². The van der Waals surface area contributed by atoms with E-state index in [1.54, 1.807) is 18.9 Å². The van der Waals surface area contributed by atoms with E-state index in [0.717, 1.165) is 0 Å². The molecule has 1 aromatic rings. The van der Waals surface area contributed by atoms with E-state index in [9.17, 15) is 0 Å². The molecule has 0 saturated carbocycles. The van der Waals surface area contributed by atoms with Crippen LogP contribution < -0.4 is 0 Å². The molecule has 0 saturated heterocycles. The van der Waals surface area contributed by atoms with Crippen LogP contribution in [0.3, 0.4) is 0 Å². The molecule has 0 amide bonds. The standard InChI is InChI=1S/C7H6Br.3C4H9.Sn/c1-6-4-2-3-5-7(6)8;3*1-3-4-2;/h2-5H,1H2;3*1,3-4H2,2H3;. The molecule has 0 nitrogen and oxygen atoms in total. The molecule has 0 heterocycles. The molecule has 1 rings (SSSR count). The summed E-state index contributed by atoms with van der Waals surface area (Å²) in [5.41, 5.74) is 1.59. The van der Waals surface area contributed by atoms with Crippen LogP contribution in [0.1, 0.15) is 64.9 Å². The van der Waals surface area contributed by atoms with Gasteiger partial charge < -0.3 is 0 Å². The summed E-state index contributed by atoms with van der Waals surface area (Å²) in [5, 5.41) is 0. The Morgan fingerprint density at radius 1 is 0.810 bits per heavy atom. The fourth-order valence-electron chi connectivity index (χ4n) is 3.34. The Morgan fingerprint density at radius 2 is 1.29 bits per heavy atom. The van der Waals surface area contributed by atoms with Gasteiger partial charge in [0.05, 0.1) is 0 Å². The van der Waals surface area contributed by atoms with Crippen molar-refractivity contribution in [3.63, 3.8) is 0 Å². The molecule has 21 heavy (non-hydrogen) atoms. The fourth-order valence-corrected chi connectivity index (χ4v) is 20.8. The van der Waals surface area contributed by atoms with Gasteiger partial charge in [0.25, 0.3) is 0 Å². The van der Waals surface area contributed by atoms with Gasteiger partial charge in [-0.3, -0.25) is 0 Å². The second kappa shape index (κ2) is 11.1. The Morgan fingerprint density at radius 3 is 1.71 bits per heavy atom. The Bertz CT molecular complexity index is 367. The van der Waals surface area contributed by atoms with Gasteiger partial charge in [-0.2, -0.15) is 0 Å². The summed E-state index contributed by atoms with van der Waals surface area (Å²) in [6.07, 6.45) is 8.50. The average molecular weight is 460 g/mol. The zero-order valence-electron chi connectivity index (χ0n) is 14.3. The van der Waals surface area contributed by atoms with Crippen molar-refractivity contribution in [3.8, 4) is 0 Å². The molecule has 2 heteroatoms. The Balaban J connectivity index is 2.92. The normalized spacial score (nSPS) is 11.8. The van der Waals surface area contributed by atoms with Crippen molar-refractivity contribution in [3.05, 3.63) is 34.3 Å². The maximum atomic E-state index is 3.79. The van der Waals surface area contributed by atoms with Crippen molar-refractivity contribution < 1.29 is 0 Å². The zero-order valence-corrected chi connectivity index (χ0v) is 18.7. The van der Waals surface area contributed by atoms with E-state index < -0.39 is 18.4 Å². The summed E-state index contributed by atoms with van der Waals surface area (Å²) in [6.45, 7) is 7.07. The summed E-state index contributed by atoms with van der Waals surface area (Å²) < 4.78 is 7.61. The topological polar surface area (TPSA) is 0 Å². The van der Waals surface area contributed by atoms with Crippen molar-refractivity contribution in [1.29, 1.82) is 0 Å². The number of rotatable bonds is 11. The number of unbranched alkanes of at least 4 members (excludes halogenated alkanes) is 3. The van der Waals surface area contributed by atoms with Gasteiger partial charge in [0, 0.05) is 0 Å². The van der Waals surface area contributed by atoms with Gasteiger partial charge in [0.15, 0.2) is 0 Å². The third-order valence-electron chi connectivity index (χ3n) is 4.71. The Kier molecular flexibility index (Phi) is 10.3. The minimum absolute atomic E-state index is 1.34. The van der Waals surface area contributed by atoms with Crippen LogP contribution in [0.25, 0.3) is 0 Å². The molecule has 120 valence electrons. The Labute approximate surface area is 145 Å². The SMILES string of the molecule is CCC[CH2][Sn]([CH2]CCC)([CH2]CCC)[CH2]c1ccccc1Br. The van der Waals surface area contributed by atoms with E-state index in [1.807, 2.05) is 0 Å². The first-order valence-electron chi connectivity index (χ1n) is 8.91. The number of hydrogen-bond acceptors (Lipinski definition) is 0. The van der Waals surface area contributed by atoms with Gasteiger partial charge in [-0.1, -0.05) is 0 Å². The predicted molar refractivity (Wildman–Crippen MR) is 103 cm³/mol. The molecular formula is C19H33BrSn. The van der Waals surface area contributed by atoms with Crippen molar-refractivity contribution in [1.82, 2.24) is 0 Å². The van der Waals surface area contributed by atoms with Crippen LogP contribution in [0, 0.1) is 0 Å². The minimum atomic E-state index is -2.02. The molecule has 0 aromatic heterocycles. The van der Waals surface area contributed by atoms with E-state index >= 15 is 0 Å². The maximum absolute atomic E-state index is 3.79. The Hall–Kier alpha value is 0.499.